The van der Waals surface area contributed by atoms with Gasteiger partial charge in [-0.15, -0.1) is 15.3 Å². The van der Waals surface area contributed by atoms with Gasteiger partial charge in [0.05, 0.1) is 6.54 Å². The third-order valence-electron chi connectivity index (χ3n) is 4.01. The molecule has 1 amide bonds. The molecule has 24 heavy (non-hydrogen) atoms. The van der Waals surface area contributed by atoms with Gasteiger partial charge in [-0.1, -0.05) is 30.3 Å². The zero-order chi connectivity index (χ0) is 16.4. The highest BCUT2D eigenvalue weighted by molar-refractivity contribution is 5.80. The molecule has 0 spiro atoms. The third-order valence-corrected chi connectivity index (χ3v) is 4.01. The van der Waals surface area contributed by atoms with Crippen molar-refractivity contribution in [2.24, 2.45) is 5.92 Å². The van der Waals surface area contributed by atoms with Crippen molar-refractivity contribution in [1.29, 1.82) is 0 Å². The van der Waals surface area contributed by atoms with Gasteiger partial charge in [0.15, 0.2) is 11.5 Å². The molecule has 0 aliphatic heterocycles. The summed E-state index contributed by atoms with van der Waals surface area (Å²) in [5, 5.41) is 18.8. The quantitative estimate of drug-likeness (QED) is 0.722. The summed E-state index contributed by atoms with van der Waals surface area (Å²) in [6, 6.07) is 13.4. The molecule has 0 unspecified atom stereocenters. The standard InChI is InChI=1S/C17H18N6O/c24-16(19-10-12-6-7-12)11-18-14-8-9-15-20-21-17(23(15)22-14)13-4-2-1-3-5-13/h1-5,8-9,12H,6-7,10-11H2,(H,18,22)(H,19,24). The number of nitrogens with zero attached hydrogens (tertiary/aromatic N) is 4. The van der Waals surface area contributed by atoms with Gasteiger partial charge < -0.3 is 10.6 Å². The zero-order valence-electron chi connectivity index (χ0n) is 13.1. The van der Waals surface area contributed by atoms with Crippen LogP contribution in [0, 0.1) is 5.92 Å². The fourth-order valence-electron chi connectivity index (χ4n) is 2.46. The number of hydrogen-bond donors (Lipinski definition) is 2. The molecular weight excluding hydrogens is 304 g/mol. The monoisotopic (exact) mass is 322 g/mol. The van der Waals surface area contributed by atoms with Gasteiger partial charge in [0.1, 0.15) is 5.82 Å². The molecule has 1 aliphatic rings. The number of fused-ring (bicyclic) bond motifs is 1. The van der Waals surface area contributed by atoms with Crippen molar-refractivity contribution in [1.82, 2.24) is 25.1 Å². The molecule has 122 valence electrons. The number of anilines is 1. The van der Waals surface area contributed by atoms with Crippen molar-refractivity contribution in [3.63, 3.8) is 0 Å². The summed E-state index contributed by atoms with van der Waals surface area (Å²) in [5.41, 5.74) is 1.61. The summed E-state index contributed by atoms with van der Waals surface area (Å²) in [5.74, 6) is 1.94. The lowest BCUT2D eigenvalue weighted by atomic mass is 10.2. The summed E-state index contributed by atoms with van der Waals surface area (Å²) >= 11 is 0. The first-order valence-electron chi connectivity index (χ1n) is 8.08. The largest absolute Gasteiger partial charge is 0.360 e. The molecule has 7 nitrogen and oxygen atoms in total. The molecule has 2 N–H and O–H groups in total. The zero-order valence-corrected chi connectivity index (χ0v) is 13.1. The molecule has 1 aromatic carbocycles. The Kier molecular flexibility index (Phi) is 3.82. The maximum Gasteiger partial charge on any atom is 0.239 e. The van der Waals surface area contributed by atoms with Gasteiger partial charge in [0.2, 0.25) is 5.91 Å². The molecular formula is C17H18N6O. The number of carbonyl (C=O) groups is 1. The molecule has 3 aromatic rings. The van der Waals surface area contributed by atoms with Gasteiger partial charge in [-0.05, 0) is 30.9 Å². The van der Waals surface area contributed by atoms with Gasteiger partial charge in [-0.25, -0.2) is 0 Å². The van der Waals surface area contributed by atoms with E-state index in [1.165, 1.54) is 12.8 Å². The molecule has 2 aromatic heterocycles. The topological polar surface area (TPSA) is 84.2 Å². The molecule has 1 saturated carbocycles. The average Bonchev–Trinajstić information content (AvgIpc) is 3.36. The van der Waals surface area contributed by atoms with Crippen LogP contribution in [0.1, 0.15) is 12.8 Å². The van der Waals surface area contributed by atoms with Crippen LogP contribution in [-0.2, 0) is 4.79 Å². The van der Waals surface area contributed by atoms with E-state index in [1.54, 1.807) is 10.6 Å². The van der Waals surface area contributed by atoms with Crippen LogP contribution in [0.2, 0.25) is 0 Å². The molecule has 1 aliphatic carbocycles. The van der Waals surface area contributed by atoms with Crippen molar-refractivity contribution in [2.45, 2.75) is 12.8 Å². The van der Waals surface area contributed by atoms with Crippen LogP contribution in [0.3, 0.4) is 0 Å². The molecule has 0 radical (unpaired) electrons. The van der Waals surface area contributed by atoms with Crippen LogP contribution >= 0.6 is 0 Å². The van der Waals surface area contributed by atoms with Crippen molar-refractivity contribution in [3.05, 3.63) is 42.5 Å². The van der Waals surface area contributed by atoms with Crippen LogP contribution in [0.25, 0.3) is 17.0 Å². The van der Waals surface area contributed by atoms with Gasteiger partial charge >= 0.3 is 0 Å². The number of rotatable bonds is 6. The molecule has 4 rings (SSSR count). The van der Waals surface area contributed by atoms with Crippen LogP contribution in [0.15, 0.2) is 42.5 Å². The second-order valence-electron chi connectivity index (χ2n) is 5.98. The van der Waals surface area contributed by atoms with Crippen LogP contribution in [-0.4, -0.2) is 38.8 Å². The van der Waals surface area contributed by atoms with Crippen molar-refractivity contribution < 1.29 is 4.79 Å². The van der Waals surface area contributed by atoms with Crippen LogP contribution < -0.4 is 10.6 Å². The predicted molar refractivity (Wildman–Crippen MR) is 90.4 cm³/mol. The lowest BCUT2D eigenvalue weighted by Crippen LogP contribution is -2.31. The highest BCUT2D eigenvalue weighted by Gasteiger charge is 2.21. The number of carbonyl (C=O) groups excluding carboxylic acids is 1. The minimum atomic E-state index is -0.0177. The van der Waals surface area contributed by atoms with E-state index in [0.717, 1.165) is 12.1 Å². The Morgan fingerprint density at radius 3 is 2.75 bits per heavy atom. The van der Waals surface area contributed by atoms with Crippen molar-refractivity contribution in [2.75, 3.05) is 18.4 Å². The third kappa shape index (κ3) is 3.19. The Bertz CT molecular complexity index is 856. The average molecular weight is 322 g/mol. The molecule has 2 heterocycles. The Morgan fingerprint density at radius 2 is 1.96 bits per heavy atom. The van der Waals surface area contributed by atoms with E-state index in [9.17, 15) is 4.79 Å². The van der Waals surface area contributed by atoms with Gasteiger partial charge in [0, 0.05) is 12.1 Å². The molecule has 7 heteroatoms. The molecule has 0 bridgehead atoms. The Labute approximate surface area is 139 Å². The first-order chi connectivity index (χ1) is 11.8. The van der Waals surface area contributed by atoms with E-state index in [1.807, 2.05) is 36.4 Å². The number of nitrogens with one attached hydrogen (secondary N) is 2. The number of amides is 1. The van der Waals surface area contributed by atoms with Crippen LogP contribution in [0.4, 0.5) is 5.82 Å². The smallest absolute Gasteiger partial charge is 0.239 e. The fraction of sp³-hybridized carbons (Fsp3) is 0.294. The maximum atomic E-state index is 11.8. The number of benzene rings is 1. The minimum Gasteiger partial charge on any atom is -0.360 e. The summed E-state index contributed by atoms with van der Waals surface area (Å²) in [6.45, 7) is 0.977. The van der Waals surface area contributed by atoms with E-state index < -0.39 is 0 Å². The molecule has 0 saturated heterocycles. The maximum absolute atomic E-state index is 11.8. The van der Waals surface area contributed by atoms with Gasteiger partial charge in [-0.2, -0.15) is 4.52 Å². The predicted octanol–water partition coefficient (Wildman–Crippen LogP) is 1.73. The van der Waals surface area contributed by atoms with Gasteiger partial charge in [-0.3, -0.25) is 4.79 Å². The van der Waals surface area contributed by atoms with Crippen molar-refractivity contribution >= 4 is 17.4 Å². The fourth-order valence-corrected chi connectivity index (χ4v) is 2.46. The lowest BCUT2D eigenvalue weighted by molar-refractivity contribution is -0.119. The Hall–Kier alpha value is -2.96. The number of hydrogen-bond acceptors (Lipinski definition) is 5. The second-order valence-corrected chi connectivity index (χ2v) is 5.98. The van der Waals surface area contributed by atoms with E-state index in [-0.39, 0.29) is 12.5 Å². The first-order valence-corrected chi connectivity index (χ1v) is 8.08. The number of aromatic nitrogens is 4. The van der Waals surface area contributed by atoms with Crippen molar-refractivity contribution in [3.8, 4) is 11.4 Å². The molecule has 0 atom stereocenters. The normalized spacial score (nSPS) is 13.8. The molecule has 1 fully saturated rings. The highest BCUT2D eigenvalue weighted by atomic mass is 16.1. The van der Waals surface area contributed by atoms with E-state index in [4.69, 9.17) is 0 Å². The van der Waals surface area contributed by atoms with E-state index >= 15 is 0 Å². The minimum absolute atomic E-state index is 0.0177. The summed E-state index contributed by atoms with van der Waals surface area (Å²) < 4.78 is 1.68. The Balaban J connectivity index is 1.48. The lowest BCUT2D eigenvalue weighted by Gasteiger charge is -2.07. The summed E-state index contributed by atoms with van der Waals surface area (Å²) in [4.78, 5) is 11.8. The van der Waals surface area contributed by atoms with E-state index in [2.05, 4.69) is 25.9 Å². The first kappa shape index (κ1) is 14.6. The second kappa shape index (κ2) is 6.27. The SMILES string of the molecule is O=C(CNc1ccc2nnc(-c3ccccc3)n2n1)NCC1CC1. The van der Waals surface area contributed by atoms with Gasteiger partial charge in [0.25, 0.3) is 0 Å². The Morgan fingerprint density at radius 1 is 1.12 bits per heavy atom. The summed E-state index contributed by atoms with van der Waals surface area (Å²) in [7, 11) is 0. The van der Waals surface area contributed by atoms with E-state index in [0.29, 0.717) is 23.2 Å². The summed E-state index contributed by atoms with van der Waals surface area (Å²) in [6.07, 6.45) is 2.45. The highest BCUT2D eigenvalue weighted by Crippen LogP contribution is 2.27. The van der Waals surface area contributed by atoms with Crippen LogP contribution in [0.5, 0.6) is 0 Å².